The van der Waals surface area contributed by atoms with Crippen molar-refractivity contribution in [1.82, 2.24) is 10.6 Å². The quantitative estimate of drug-likeness (QED) is 0.191. The van der Waals surface area contributed by atoms with E-state index in [0.29, 0.717) is 35.7 Å². The fraction of sp³-hybridized carbons (Fsp3) is 0.188. The lowest BCUT2D eigenvalue weighted by atomic mass is 10.1. The lowest BCUT2D eigenvalue weighted by Gasteiger charge is -2.09. The Bertz CT molecular complexity index is 1170. The van der Waals surface area contributed by atoms with Crippen LogP contribution in [0.3, 0.4) is 0 Å². The first-order chi connectivity index (χ1) is 18.7. The molecule has 0 spiro atoms. The maximum absolute atomic E-state index is 12.4. The number of nitrogens with one attached hydrogen (secondary N) is 2. The van der Waals surface area contributed by atoms with E-state index in [2.05, 4.69) is 10.6 Å². The van der Waals surface area contributed by atoms with Crippen LogP contribution in [0.1, 0.15) is 46.4 Å². The van der Waals surface area contributed by atoms with Crippen LogP contribution in [-0.4, -0.2) is 24.9 Å². The third-order valence-corrected chi connectivity index (χ3v) is 5.87. The number of ether oxygens (including phenoxy) is 2. The van der Waals surface area contributed by atoms with Crippen LogP contribution < -0.4 is 20.1 Å². The van der Waals surface area contributed by atoms with E-state index in [1.807, 2.05) is 60.7 Å². The first kappa shape index (κ1) is 26.5. The van der Waals surface area contributed by atoms with Gasteiger partial charge in [-0.2, -0.15) is 0 Å². The maximum Gasteiger partial charge on any atom is 0.251 e. The highest BCUT2D eigenvalue weighted by atomic mass is 16.5. The molecule has 0 bridgehead atoms. The van der Waals surface area contributed by atoms with Crippen molar-refractivity contribution in [3.05, 3.63) is 120 Å². The van der Waals surface area contributed by atoms with Gasteiger partial charge in [-0.1, -0.05) is 49.2 Å². The molecule has 0 atom stereocenters. The molecule has 4 rings (SSSR count). The molecule has 6 heteroatoms. The number of hydrogen-bond acceptors (Lipinski definition) is 4. The molecule has 0 aliphatic carbocycles. The summed E-state index contributed by atoms with van der Waals surface area (Å²) in [5.41, 5.74) is 1.21. The van der Waals surface area contributed by atoms with Crippen LogP contribution >= 0.6 is 0 Å². The minimum Gasteiger partial charge on any atom is -0.457 e. The van der Waals surface area contributed by atoms with Crippen LogP contribution in [0.15, 0.2) is 109 Å². The van der Waals surface area contributed by atoms with Gasteiger partial charge in [-0.3, -0.25) is 9.59 Å². The molecule has 2 N–H and O–H groups in total. The normalized spacial score (nSPS) is 10.4. The van der Waals surface area contributed by atoms with E-state index in [-0.39, 0.29) is 11.8 Å². The molecule has 194 valence electrons. The second-order valence-electron chi connectivity index (χ2n) is 8.80. The van der Waals surface area contributed by atoms with Gasteiger partial charge in [-0.05, 0) is 85.6 Å². The molecular formula is C32H32N2O4. The van der Waals surface area contributed by atoms with Crippen molar-refractivity contribution in [2.75, 3.05) is 13.1 Å². The molecule has 0 aliphatic heterocycles. The van der Waals surface area contributed by atoms with Crippen molar-refractivity contribution >= 4 is 11.8 Å². The fourth-order valence-corrected chi connectivity index (χ4v) is 3.81. The molecule has 4 aromatic rings. The van der Waals surface area contributed by atoms with Gasteiger partial charge in [0.1, 0.15) is 23.0 Å². The molecule has 4 aromatic carbocycles. The van der Waals surface area contributed by atoms with Gasteiger partial charge in [0.2, 0.25) is 0 Å². The van der Waals surface area contributed by atoms with Gasteiger partial charge in [0, 0.05) is 24.2 Å². The van der Waals surface area contributed by atoms with Gasteiger partial charge in [-0.15, -0.1) is 0 Å². The third kappa shape index (κ3) is 8.52. The smallest absolute Gasteiger partial charge is 0.251 e. The number of benzene rings is 4. The number of hydrogen-bond donors (Lipinski definition) is 2. The highest BCUT2D eigenvalue weighted by Gasteiger charge is 2.07. The van der Waals surface area contributed by atoms with Crippen molar-refractivity contribution in [1.29, 1.82) is 0 Å². The second-order valence-corrected chi connectivity index (χ2v) is 8.80. The Morgan fingerprint density at radius 1 is 0.447 bits per heavy atom. The molecule has 0 radical (unpaired) electrons. The standard InChI is InChI=1S/C32H32N2O4/c35-31(25-15-19-29(20-16-25)37-27-11-5-3-6-12-27)33-23-9-1-2-10-24-34-32(36)26-17-21-30(22-18-26)38-28-13-7-4-8-14-28/h3-8,11-22H,1-2,9-10,23-24H2,(H,33,35)(H,34,36). The van der Waals surface area contributed by atoms with E-state index in [9.17, 15) is 9.59 Å². The van der Waals surface area contributed by atoms with E-state index in [1.54, 1.807) is 48.5 Å². The molecule has 0 unspecified atom stereocenters. The highest BCUT2D eigenvalue weighted by molar-refractivity contribution is 5.94. The Morgan fingerprint density at radius 3 is 1.16 bits per heavy atom. The molecule has 2 amide bonds. The zero-order chi connectivity index (χ0) is 26.4. The van der Waals surface area contributed by atoms with E-state index >= 15 is 0 Å². The van der Waals surface area contributed by atoms with Gasteiger partial charge in [0.15, 0.2) is 0 Å². The number of rotatable bonds is 13. The largest absolute Gasteiger partial charge is 0.457 e. The lowest BCUT2D eigenvalue weighted by Crippen LogP contribution is -2.25. The lowest BCUT2D eigenvalue weighted by molar-refractivity contribution is 0.0943. The molecule has 6 nitrogen and oxygen atoms in total. The van der Waals surface area contributed by atoms with Crippen LogP contribution in [0.2, 0.25) is 0 Å². The van der Waals surface area contributed by atoms with E-state index in [1.165, 1.54) is 0 Å². The van der Waals surface area contributed by atoms with Gasteiger partial charge in [-0.25, -0.2) is 0 Å². The van der Waals surface area contributed by atoms with Gasteiger partial charge in [0.25, 0.3) is 11.8 Å². The van der Waals surface area contributed by atoms with Crippen molar-refractivity contribution in [2.45, 2.75) is 25.7 Å². The molecule has 0 fully saturated rings. The summed E-state index contributed by atoms with van der Waals surface area (Å²) in [6.07, 6.45) is 3.73. The third-order valence-electron chi connectivity index (χ3n) is 5.87. The highest BCUT2D eigenvalue weighted by Crippen LogP contribution is 2.22. The molecule has 0 saturated heterocycles. The molecule has 0 saturated carbocycles. The topological polar surface area (TPSA) is 76.7 Å². The summed E-state index contributed by atoms with van der Waals surface area (Å²) >= 11 is 0. The zero-order valence-corrected chi connectivity index (χ0v) is 21.3. The number of amides is 2. The Hall–Kier alpha value is -4.58. The van der Waals surface area contributed by atoms with Crippen LogP contribution in [0.25, 0.3) is 0 Å². The number of unbranched alkanes of at least 4 members (excludes halogenated alkanes) is 3. The molecule has 38 heavy (non-hydrogen) atoms. The summed E-state index contributed by atoms with van der Waals surface area (Å²) in [4.78, 5) is 24.7. The average Bonchev–Trinajstić information content (AvgIpc) is 2.96. The Morgan fingerprint density at radius 2 is 0.789 bits per heavy atom. The van der Waals surface area contributed by atoms with E-state index < -0.39 is 0 Å². The SMILES string of the molecule is O=C(NCCCCCCNC(=O)c1ccc(Oc2ccccc2)cc1)c1ccc(Oc2ccccc2)cc1. The maximum atomic E-state index is 12.4. The van der Waals surface area contributed by atoms with Crippen molar-refractivity contribution in [2.24, 2.45) is 0 Å². The summed E-state index contributed by atoms with van der Waals surface area (Å²) in [6.45, 7) is 1.23. The van der Waals surface area contributed by atoms with Gasteiger partial charge >= 0.3 is 0 Å². The average molecular weight is 509 g/mol. The summed E-state index contributed by atoms with van der Waals surface area (Å²) in [5.74, 6) is 2.70. The number of carbonyl (C=O) groups excluding carboxylic acids is 2. The van der Waals surface area contributed by atoms with Crippen LogP contribution in [0, 0.1) is 0 Å². The Labute approximate surface area is 223 Å². The van der Waals surface area contributed by atoms with Crippen LogP contribution in [0.4, 0.5) is 0 Å². The predicted octanol–water partition coefficient (Wildman–Crippen LogP) is 6.99. The Balaban J connectivity index is 1.06. The van der Waals surface area contributed by atoms with Gasteiger partial charge < -0.3 is 20.1 Å². The number of carbonyl (C=O) groups is 2. The minimum absolute atomic E-state index is 0.0938. The molecule has 0 heterocycles. The minimum atomic E-state index is -0.0938. The van der Waals surface area contributed by atoms with Crippen molar-refractivity contribution in [3.63, 3.8) is 0 Å². The van der Waals surface area contributed by atoms with E-state index in [0.717, 1.165) is 37.2 Å². The fourth-order valence-electron chi connectivity index (χ4n) is 3.81. The molecular weight excluding hydrogens is 476 g/mol. The first-order valence-electron chi connectivity index (χ1n) is 12.9. The van der Waals surface area contributed by atoms with Gasteiger partial charge in [0.05, 0.1) is 0 Å². The van der Waals surface area contributed by atoms with Crippen molar-refractivity contribution < 1.29 is 19.1 Å². The predicted molar refractivity (Wildman–Crippen MR) is 149 cm³/mol. The molecule has 0 aromatic heterocycles. The number of para-hydroxylation sites is 2. The first-order valence-corrected chi connectivity index (χ1v) is 12.9. The summed E-state index contributed by atoms with van der Waals surface area (Å²) in [5, 5.41) is 5.92. The second kappa shape index (κ2) is 14.2. The van der Waals surface area contributed by atoms with Crippen LogP contribution in [-0.2, 0) is 0 Å². The van der Waals surface area contributed by atoms with Crippen LogP contribution in [0.5, 0.6) is 23.0 Å². The summed E-state index contributed by atoms with van der Waals surface area (Å²) in [7, 11) is 0. The monoisotopic (exact) mass is 508 g/mol. The Kier molecular flexibility index (Phi) is 9.92. The summed E-state index contributed by atoms with van der Waals surface area (Å²) in [6, 6.07) is 33.3. The molecule has 0 aliphatic rings. The van der Waals surface area contributed by atoms with Crippen molar-refractivity contribution in [3.8, 4) is 23.0 Å². The summed E-state index contributed by atoms with van der Waals surface area (Å²) < 4.78 is 11.5. The van der Waals surface area contributed by atoms with E-state index in [4.69, 9.17) is 9.47 Å². The zero-order valence-electron chi connectivity index (χ0n) is 21.3.